The lowest BCUT2D eigenvalue weighted by molar-refractivity contribution is 0.497. The molecule has 76 valence electrons. The molecular weight excluding hydrogens is 204 g/mol. The Morgan fingerprint density at radius 2 is 1.42 bits per heavy atom. The fourth-order valence-corrected chi connectivity index (χ4v) is 3.90. The summed E-state index contributed by atoms with van der Waals surface area (Å²) in [5.41, 5.74) is 0. The molecule has 0 bridgehead atoms. The molecule has 0 heterocycles. The van der Waals surface area contributed by atoms with Gasteiger partial charge in [-0.15, -0.1) is 0 Å². The van der Waals surface area contributed by atoms with Gasteiger partial charge in [-0.25, -0.2) is 0 Å². The van der Waals surface area contributed by atoms with E-state index in [1.165, 1.54) is 0 Å². The molecule has 0 saturated carbocycles. The van der Waals surface area contributed by atoms with Gasteiger partial charge in [0.15, 0.2) is 8.32 Å². The highest BCUT2D eigenvalue weighted by atomic mass is 28.4. The molecule has 3 nitrogen and oxygen atoms in total. The van der Waals surface area contributed by atoms with Crippen LogP contribution in [-0.4, -0.2) is 27.4 Å². The molecule has 12 heavy (non-hydrogen) atoms. The molecule has 0 radical (unpaired) electrons. The minimum absolute atomic E-state index is 0. The van der Waals surface area contributed by atoms with Crippen molar-refractivity contribution in [3.05, 3.63) is 0 Å². The van der Waals surface area contributed by atoms with E-state index in [1.807, 2.05) is 0 Å². The largest absolute Gasteiger partial charge is 0.549 e. The topological polar surface area (TPSA) is 43.4 Å². The van der Waals surface area contributed by atoms with Crippen molar-refractivity contribution in [3.8, 4) is 0 Å². The Morgan fingerprint density at radius 3 is 1.42 bits per heavy atom. The first-order valence-corrected chi connectivity index (χ1v) is 9.32. The highest BCUT2D eigenvalue weighted by Gasteiger charge is 2.10. The van der Waals surface area contributed by atoms with E-state index in [-0.39, 0.29) is 24.6 Å². The van der Waals surface area contributed by atoms with Gasteiger partial charge in [0.25, 0.3) is 0 Å². The molecule has 0 spiro atoms. The fraction of sp³-hybridized carbons (Fsp3) is 1.00. The van der Waals surface area contributed by atoms with Gasteiger partial charge in [0, 0.05) is 0 Å². The quantitative estimate of drug-likeness (QED) is 0.672. The maximum Gasteiger partial charge on any atom is 0.549 e. The molecule has 0 aliphatic carbocycles. The first-order valence-electron chi connectivity index (χ1n) is 3.11. The molecule has 0 saturated heterocycles. The first kappa shape index (κ1) is 22.8. The maximum absolute atomic E-state index is 8.40. The van der Waals surface area contributed by atoms with Crippen LogP contribution in [0.2, 0.25) is 26.2 Å². The summed E-state index contributed by atoms with van der Waals surface area (Å²) in [6.45, 7) is 8.86. The average molecular weight is 226 g/mol. The van der Waals surface area contributed by atoms with Crippen molar-refractivity contribution < 1.29 is 13.0 Å². The highest BCUT2D eigenvalue weighted by molar-refractivity contribution is 6.73. The van der Waals surface area contributed by atoms with Gasteiger partial charge in [0.1, 0.15) is 9.76 Å². The van der Waals surface area contributed by atoms with Gasteiger partial charge >= 0.3 is 9.29 Å². The molecule has 0 aromatic carbocycles. The van der Waals surface area contributed by atoms with Gasteiger partial charge in [-0.1, -0.05) is 21.4 Å². The van der Waals surface area contributed by atoms with Crippen LogP contribution in [0.4, 0.5) is 0 Å². The number of hydrogen-bond donors (Lipinski definition) is 0. The number of rotatable bonds is 2. The van der Waals surface area contributed by atoms with E-state index >= 15 is 0 Å². The number of hydrogen-bond acceptors (Lipinski definition) is 3. The molecule has 6 heteroatoms. The third kappa shape index (κ3) is 48.9. The minimum atomic E-state index is -1.42. The van der Waals surface area contributed by atoms with Crippen LogP contribution in [0.25, 0.3) is 0 Å². The van der Waals surface area contributed by atoms with Crippen LogP contribution in [0, 0.1) is 0 Å². The Bertz CT molecular complexity index is 105. The molecule has 0 aliphatic heterocycles. The van der Waals surface area contributed by atoms with E-state index in [9.17, 15) is 0 Å². The van der Waals surface area contributed by atoms with Gasteiger partial charge in [-0.3, -0.25) is 8.92 Å². The first-order chi connectivity index (χ1) is 4.47. The second-order valence-electron chi connectivity index (χ2n) is 2.63. The smallest absolute Gasteiger partial charge is 0.461 e. The summed E-state index contributed by atoms with van der Waals surface area (Å²) in [7, 11) is -2.64. The molecule has 0 N–H and O–H groups in total. The summed E-state index contributed by atoms with van der Waals surface area (Å²) in [4.78, 5) is 0. The monoisotopic (exact) mass is 226 g/mol. The predicted molar refractivity (Wildman–Crippen MR) is 59.4 cm³/mol. The molecule has 0 atom stereocenters. The second kappa shape index (κ2) is 13.8. The van der Waals surface area contributed by atoms with E-state index in [2.05, 4.69) is 26.2 Å². The highest BCUT2D eigenvalue weighted by Crippen LogP contribution is 1.99. The van der Waals surface area contributed by atoms with Gasteiger partial charge in [0.05, 0.1) is 0 Å². The summed E-state index contributed by atoms with van der Waals surface area (Å²) < 4.78 is 22.3. The molecule has 0 fully saturated rings. The van der Waals surface area contributed by atoms with Crippen LogP contribution in [0.1, 0.15) is 14.9 Å². The van der Waals surface area contributed by atoms with Crippen LogP contribution in [0.3, 0.4) is 0 Å². The van der Waals surface area contributed by atoms with Crippen LogP contribution >= 0.6 is 0 Å². The van der Waals surface area contributed by atoms with Gasteiger partial charge in [0.2, 0.25) is 0 Å². The van der Waals surface area contributed by atoms with E-state index in [1.54, 1.807) is 0 Å². The van der Waals surface area contributed by atoms with Crippen LogP contribution in [0.5, 0.6) is 0 Å². The van der Waals surface area contributed by atoms with E-state index in [4.69, 9.17) is 13.0 Å². The summed E-state index contributed by atoms with van der Waals surface area (Å²) in [6, 6.07) is 0. The van der Waals surface area contributed by atoms with E-state index < -0.39 is 17.6 Å². The van der Waals surface area contributed by atoms with E-state index in [0.29, 0.717) is 0 Å². The fourth-order valence-electron chi connectivity index (χ4n) is 0.433. The van der Waals surface area contributed by atoms with Crippen LogP contribution in [0.15, 0.2) is 0 Å². The lowest BCUT2D eigenvalue weighted by Crippen LogP contribution is -2.26. The maximum atomic E-state index is 8.40. The SMILES string of the molecule is C.C.C[SiH2]O[Si](C)(C)C.O=[Si]=O. The Labute approximate surface area is 81.9 Å². The standard InChI is InChI=1S/C4H14OSi2.2CH4.O2Si/c1-6-5-7(2,3)4;;;1-3-2/h6H2,1-4H3;2*1H4;. The summed E-state index contributed by atoms with van der Waals surface area (Å²) in [6.07, 6.45) is 0. The predicted octanol–water partition coefficient (Wildman–Crippen LogP) is 1.62. The molecule has 0 aromatic rings. The molecular formula is C6H22O3Si3. The molecule has 0 unspecified atom stereocenters. The summed E-state index contributed by atoms with van der Waals surface area (Å²) >= 11 is 0. The van der Waals surface area contributed by atoms with Gasteiger partial charge in [-0.2, -0.15) is 0 Å². The van der Waals surface area contributed by atoms with Crippen LogP contribution in [-0.2, 0) is 13.0 Å². The molecule has 0 aliphatic rings. The van der Waals surface area contributed by atoms with Crippen molar-refractivity contribution in [3.63, 3.8) is 0 Å². The van der Waals surface area contributed by atoms with Crippen molar-refractivity contribution in [1.29, 1.82) is 0 Å². The Morgan fingerprint density at radius 1 is 1.17 bits per heavy atom. The third-order valence-corrected chi connectivity index (χ3v) is 5.20. The second-order valence-corrected chi connectivity index (χ2v) is 8.75. The van der Waals surface area contributed by atoms with Gasteiger partial charge < -0.3 is 4.12 Å². The van der Waals surface area contributed by atoms with Crippen molar-refractivity contribution >= 4 is 27.4 Å². The zero-order valence-corrected chi connectivity index (χ0v) is 10.3. The summed E-state index contributed by atoms with van der Waals surface area (Å²) in [5, 5.41) is 0. The molecule has 0 aromatic heterocycles. The Kier molecular flexibility index (Phi) is 26.1. The van der Waals surface area contributed by atoms with Gasteiger partial charge in [-0.05, 0) is 19.6 Å². The van der Waals surface area contributed by atoms with Crippen molar-refractivity contribution in [1.82, 2.24) is 0 Å². The Hall–Kier alpha value is 0.211. The summed E-state index contributed by atoms with van der Waals surface area (Å²) in [5.74, 6) is 0. The van der Waals surface area contributed by atoms with Crippen molar-refractivity contribution in [2.24, 2.45) is 0 Å². The molecule has 0 rings (SSSR count). The third-order valence-electron chi connectivity index (χ3n) is 0.577. The van der Waals surface area contributed by atoms with Crippen molar-refractivity contribution in [2.75, 3.05) is 0 Å². The Balaban J connectivity index is -0.0000000569. The average Bonchev–Trinajstić information content (AvgIpc) is 1.63. The lowest BCUT2D eigenvalue weighted by Gasteiger charge is -2.14. The van der Waals surface area contributed by atoms with E-state index in [0.717, 1.165) is 0 Å². The minimum Gasteiger partial charge on any atom is -0.461 e. The van der Waals surface area contributed by atoms with Crippen molar-refractivity contribution in [2.45, 2.75) is 41.0 Å². The normalized spacial score (nSPS) is 8.67. The lowest BCUT2D eigenvalue weighted by atomic mass is 11.8. The zero-order chi connectivity index (χ0) is 8.62. The van der Waals surface area contributed by atoms with Crippen LogP contribution < -0.4 is 0 Å². The zero-order valence-electron chi connectivity index (χ0n) is 6.93. The molecule has 0 amide bonds.